The fraction of sp³-hybridized carbons (Fsp3) is 0.267. The molecule has 0 aliphatic carbocycles. The molecule has 0 radical (unpaired) electrons. The second kappa shape index (κ2) is 6.05. The van der Waals surface area contributed by atoms with Crippen molar-refractivity contribution in [3.63, 3.8) is 0 Å². The molecule has 0 saturated heterocycles. The van der Waals surface area contributed by atoms with E-state index in [0.717, 1.165) is 25.2 Å². The lowest BCUT2D eigenvalue weighted by molar-refractivity contribution is 0.806. The zero-order valence-electron chi connectivity index (χ0n) is 10.7. The summed E-state index contributed by atoms with van der Waals surface area (Å²) in [6.45, 7) is 4.15. The van der Waals surface area contributed by atoms with Gasteiger partial charge in [0.05, 0.1) is 0 Å². The molecule has 0 spiro atoms. The molecule has 0 fully saturated rings. The summed E-state index contributed by atoms with van der Waals surface area (Å²) in [6.07, 6.45) is 4.74. The largest absolute Gasteiger partial charge is 0.399 e. The minimum absolute atomic E-state index is 0.807. The van der Waals surface area contributed by atoms with Crippen molar-refractivity contribution >= 4 is 11.4 Å². The molecular weight excluding hydrogens is 222 g/mol. The molecule has 0 atom stereocenters. The molecular formula is C15H19N3. The van der Waals surface area contributed by atoms with E-state index in [2.05, 4.69) is 35.0 Å². The Labute approximate surface area is 108 Å². The fourth-order valence-corrected chi connectivity index (χ4v) is 1.96. The summed E-state index contributed by atoms with van der Waals surface area (Å²) in [5.74, 6) is 0. The summed E-state index contributed by atoms with van der Waals surface area (Å²) in [4.78, 5) is 6.48. The highest BCUT2D eigenvalue weighted by atomic mass is 15.1. The van der Waals surface area contributed by atoms with E-state index in [-0.39, 0.29) is 0 Å². The Morgan fingerprint density at radius 3 is 2.56 bits per heavy atom. The Morgan fingerprint density at radius 2 is 1.94 bits per heavy atom. The maximum atomic E-state index is 5.71. The first-order valence-corrected chi connectivity index (χ1v) is 6.29. The average Bonchev–Trinajstić information content (AvgIpc) is 2.42. The van der Waals surface area contributed by atoms with Gasteiger partial charge in [0.1, 0.15) is 0 Å². The van der Waals surface area contributed by atoms with Crippen LogP contribution in [0.2, 0.25) is 0 Å². The van der Waals surface area contributed by atoms with Crippen molar-refractivity contribution in [1.29, 1.82) is 0 Å². The molecule has 0 aliphatic rings. The third-order valence-electron chi connectivity index (χ3n) is 3.03. The molecule has 18 heavy (non-hydrogen) atoms. The Bertz CT molecular complexity index is 465. The molecule has 3 nitrogen and oxygen atoms in total. The summed E-state index contributed by atoms with van der Waals surface area (Å²) >= 11 is 0. The molecule has 1 heterocycles. The van der Waals surface area contributed by atoms with Crippen molar-refractivity contribution < 1.29 is 0 Å². The van der Waals surface area contributed by atoms with Crippen LogP contribution in [-0.4, -0.2) is 18.1 Å². The first-order valence-electron chi connectivity index (χ1n) is 6.29. The third-order valence-corrected chi connectivity index (χ3v) is 3.03. The van der Waals surface area contributed by atoms with Crippen LogP contribution in [0.5, 0.6) is 0 Å². The van der Waals surface area contributed by atoms with Crippen molar-refractivity contribution in [1.82, 2.24) is 4.98 Å². The molecule has 2 N–H and O–H groups in total. The van der Waals surface area contributed by atoms with E-state index >= 15 is 0 Å². The van der Waals surface area contributed by atoms with Crippen molar-refractivity contribution in [2.24, 2.45) is 0 Å². The molecule has 2 rings (SSSR count). The van der Waals surface area contributed by atoms with Gasteiger partial charge >= 0.3 is 0 Å². The molecule has 1 aromatic carbocycles. The summed E-state index contributed by atoms with van der Waals surface area (Å²) in [6, 6.07) is 12.1. The molecule has 0 amide bonds. The second-order valence-corrected chi connectivity index (χ2v) is 4.28. The van der Waals surface area contributed by atoms with Gasteiger partial charge in [-0.3, -0.25) is 4.98 Å². The second-order valence-electron chi connectivity index (χ2n) is 4.28. The van der Waals surface area contributed by atoms with Crippen LogP contribution in [0.4, 0.5) is 11.4 Å². The van der Waals surface area contributed by atoms with Gasteiger partial charge in [-0.15, -0.1) is 0 Å². The number of pyridine rings is 1. The number of benzene rings is 1. The molecule has 0 bridgehead atoms. The Morgan fingerprint density at radius 1 is 1.17 bits per heavy atom. The van der Waals surface area contributed by atoms with Crippen LogP contribution < -0.4 is 10.6 Å². The monoisotopic (exact) mass is 241 g/mol. The first kappa shape index (κ1) is 12.4. The molecule has 2 aromatic rings. The van der Waals surface area contributed by atoms with Gasteiger partial charge in [0, 0.05) is 36.9 Å². The van der Waals surface area contributed by atoms with E-state index < -0.39 is 0 Å². The topological polar surface area (TPSA) is 42.2 Å². The van der Waals surface area contributed by atoms with Gasteiger partial charge in [0.25, 0.3) is 0 Å². The first-order chi connectivity index (χ1) is 8.79. The predicted molar refractivity (Wildman–Crippen MR) is 76.7 cm³/mol. The van der Waals surface area contributed by atoms with E-state index in [1.54, 1.807) is 6.20 Å². The van der Waals surface area contributed by atoms with Crippen LogP contribution in [-0.2, 0) is 6.42 Å². The lowest BCUT2D eigenvalue weighted by Crippen LogP contribution is -2.25. The van der Waals surface area contributed by atoms with Gasteiger partial charge in [-0.05, 0) is 49.2 Å². The highest BCUT2D eigenvalue weighted by Gasteiger charge is 2.04. The zero-order chi connectivity index (χ0) is 12.8. The van der Waals surface area contributed by atoms with Gasteiger partial charge < -0.3 is 10.6 Å². The number of hydrogen-bond acceptors (Lipinski definition) is 3. The van der Waals surface area contributed by atoms with E-state index in [0.29, 0.717) is 0 Å². The number of nitrogens with zero attached hydrogens (tertiary/aromatic N) is 2. The summed E-state index contributed by atoms with van der Waals surface area (Å²) in [5, 5.41) is 0. The number of nitrogens with two attached hydrogens (primary N) is 1. The smallest absolute Gasteiger partial charge is 0.0367 e. The molecule has 1 aromatic heterocycles. The van der Waals surface area contributed by atoms with Crippen molar-refractivity contribution in [3.05, 3.63) is 54.4 Å². The Hall–Kier alpha value is -2.03. The molecule has 0 aliphatic heterocycles. The maximum absolute atomic E-state index is 5.71. The highest BCUT2D eigenvalue weighted by molar-refractivity contribution is 5.53. The van der Waals surface area contributed by atoms with E-state index in [1.807, 2.05) is 24.4 Å². The van der Waals surface area contributed by atoms with E-state index in [4.69, 9.17) is 5.73 Å². The number of rotatable bonds is 5. The standard InChI is InChI=1S/C15H19N3/c1-2-18(15-7-5-14(16)6-8-15)11-9-13-4-3-10-17-12-13/h3-8,10,12H,2,9,11,16H2,1H3. The van der Waals surface area contributed by atoms with Gasteiger partial charge in [0.2, 0.25) is 0 Å². The van der Waals surface area contributed by atoms with Crippen molar-refractivity contribution in [2.45, 2.75) is 13.3 Å². The van der Waals surface area contributed by atoms with Crippen LogP contribution in [0.15, 0.2) is 48.8 Å². The Kier molecular flexibility index (Phi) is 4.18. The molecule has 3 heteroatoms. The van der Waals surface area contributed by atoms with Crippen molar-refractivity contribution in [2.75, 3.05) is 23.7 Å². The molecule has 0 saturated carbocycles. The summed E-state index contributed by atoms with van der Waals surface area (Å²) < 4.78 is 0. The third kappa shape index (κ3) is 3.23. The minimum atomic E-state index is 0.807. The summed E-state index contributed by atoms with van der Waals surface area (Å²) in [7, 11) is 0. The SMILES string of the molecule is CCN(CCc1cccnc1)c1ccc(N)cc1. The predicted octanol–water partition coefficient (Wildman–Crippen LogP) is 2.73. The van der Waals surface area contributed by atoms with Gasteiger partial charge in [-0.1, -0.05) is 6.07 Å². The van der Waals surface area contributed by atoms with E-state index in [9.17, 15) is 0 Å². The summed E-state index contributed by atoms with van der Waals surface area (Å²) in [5.41, 5.74) is 9.00. The zero-order valence-corrected chi connectivity index (χ0v) is 10.7. The number of aromatic nitrogens is 1. The molecule has 94 valence electrons. The lowest BCUT2D eigenvalue weighted by atomic mass is 10.2. The van der Waals surface area contributed by atoms with Gasteiger partial charge in [0.15, 0.2) is 0 Å². The van der Waals surface area contributed by atoms with E-state index in [1.165, 1.54) is 11.3 Å². The van der Waals surface area contributed by atoms with Crippen molar-refractivity contribution in [3.8, 4) is 0 Å². The fourth-order valence-electron chi connectivity index (χ4n) is 1.96. The maximum Gasteiger partial charge on any atom is 0.0367 e. The normalized spacial score (nSPS) is 10.3. The van der Waals surface area contributed by atoms with Crippen LogP contribution in [0.3, 0.4) is 0 Å². The van der Waals surface area contributed by atoms with Crippen LogP contribution >= 0.6 is 0 Å². The number of hydrogen-bond donors (Lipinski definition) is 1. The van der Waals surface area contributed by atoms with Gasteiger partial charge in [-0.2, -0.15) is 0 Å². The highest BCUT2D eigenvalue weighted by Crippen LogP contribution is 2.16. The number of nitrogen functional groups attached to an aromatic ring is 1. The quantitative estimate of drug-likeness (QED) is 0.818. The average molecular weight is 241 g/mol. The number of likely N-dealkylation sites (N-methyl/N-ethyl adjacent to an activating group) is 1. The van der Waals surface area contributed by atoms with Gasteiger partial charge in [-0.25, -0.2) is 0 Å². The Balaban J connectivity index is 1.99. The molecule has 0 unspecified atom stereocenters. The van der Waals surface area contributed by atoms with Crippen LogP contribution in [0, 0.1) is 0 Å². The lowest BCUT2D eigenvalue weighted by Gasteiger charge is -2.23. The number of anilines is 2. The van der Waals surface area contributed by atoms with Crippen LogP contribution in [0.25, 0.3) is 0 Å². The van der Waals surface area contributed by atoms with Crippen LogP contribution in [0.1, 0.15) is 12.5 Å². The minimum Gasteiger partial charge on any atom is -0.399 e.